The summed E-state index contributed by atoms with van der Waals surface area (Å²) < 4.78 is 15.3. The van der Waals surface area contributed by atoms with Crippen LogP contribution in [0.2, 0.25) is 0 Å². The second-order valence-electron chi connectivity index (χ2n) is 3.59. The Morgan fingerprint density at radius 2 is 2.18 bits per heavy atom. The molecule has 1 saturated heterocycles. The van der Waals surface area contributed by atoms with E-state index in [1.807, 2.05) is 6.07 Å². The maximum atomic E-state index is 11.6. The Balaban J connectivity index is 1.82. The molecule has 17 heavy (non-hydrogen) atoms. The van der Waals surface area contributed by atoms with Gasteiger partial charge < -0.3 is 14.2 Å². The molecule has 0 radical (unpaired) electrons. The third-order valence-corrected chi connectivity index (χ3v) is 2.55. The van der Waals surface area contributed by atoms with Crippen molar-refractivity contribution in [3.63, 3.8) is 0 Å². The topological polar surface area (TPSA) is 44.8 Å². The zero-order chi connectivity index (χ0) is 12.1. The third-order valence-electron chi connectivity index (χ3n) is 2.33. The molecule has 4 nitrogen and oxygen atoms in total. The van der Waals surface area contributed by atoms with Gasteiger partial charge in [0, 0.05) is 18.6 Å². The zero-order valence-corrected chi connectivity index (χ0v) is 9.94. The zero-order valence-electron chi connectivity index (χ0n) is 9.13. The smallest absolute Gasteiger partial charge is 0.352 e. The Kier molecular flexibility index (Phi) is 3.93. The van der Waals surface area contributed by atoms with E-state index in [1.165, 1.54) is 0 Å². The van der Waals surface area contributed by atoms with E-state index in [0.717, 1.165) is 0 Å². The molecule has 1 heterocycles. The second-order valence-corrected chi connectivity index (χ2v) is 3.92. The SMILES string of the molecule is O=C(OCC1CCOC(=S)O1)c1ccccc1. The lowest BCUT2D eigenvalue weighted by molar-refractivity contribution is -0.00453. The number of hydrogen-bond donors (Lipinski definition) is 0. The van der Waals surface area contributed by atoms with Gasteiger partial charge in [-0.2, -0.15) is 0 Å². The molecule has 0 saturated carbocycles. The largest absolute Gasteiger partial charge is 0.458 e. The summed E-state index contributed by atoms with van der Waals surface area (Å²) in [5.41, 5.74) is 0.530. The van der Waals surface area contributed by atoms with E-state index in [4.69, 9.17) is 26.4 Å². The quantitative estimate of drug-likeness (QED) is 0.607. The fourth-order valence-corrected chi connectivity index (χ4v) is 1.67. The maximum Gasteiger partial charge on any atom is 0.352 e. The number of ether oxygens (including phenoxy) is 3. The Bertz CT molecular complexity index is 404. The molecule has 1 aromatic rings. The predicted molar refractivity (Wildman–Crippen MR) is 64.8 cm³/mol. The van der Waals surface area contributed by atoms with Crippen molar-refractivity contribution in [1.29, 1.82) is 0 Å². The van der Waals surface area contributed by atoms with Crippen LogP contribution in [0.4, 0.5) is 0 Å². The van der Waals surface area contributed by atoms with Crippen LogP contribution in [0.3, 0.4) is 0 Å². The molecule has 1 aromatic carbocycles. The molecule has 90 valence electrons. The van der Waals surface area contributed by atoms with E-state index in [1.54, 1.807) is 24.3 Å². The van der Waals surface area contributed by atoms with Gasteiger partial charge in [0.25, 0.3) is 0 Å². The summed E-state index contributed by atoms with van der Waals surface area (Å²) in [4.78, 5) is 11.6. The summed E-state index contributed by atoms with van der Waals surface area (Å²) >= 11 is 4.77. The van der Waals surface area contributed by atoms with Crippen molar-refractivity contribution in [2.45, 2.75) is 12.5 Å². The summed E-state index contributed by atoms with van der Waals surface area (Å²) in [6.45, 7) is 0.698. The summed E-state index contributed by atoms with van der Waals surface area (Å²) in [5, 5.41) is 0.122. The first kappa shape index (κ1) is 11.9. The summed E-state index contributed by atoms with van der Waals surface area (Å²) in [6, 6.07) is 8.83. The highest BCUT2D eigenvalue weighted by Crippen LogP contribution is 2.10. The summed E-state index contributed by atoms with van der Waals surface area (Å²) in [5.74, 6) is -0.355. The van der Waals surface area contributed by atoms with E-state index >= 15 is 0 Å². The fourth-order valence-electron chi connectivity index (χ4n) is 1.45. The maximum absolute atomic E-state index is 11.6. The molecular weight excluding hydrogens is 240 g/mol. The number of benzene rings is 1. The molecule has 0 bridgehead atoms. The van der Waals surface area contributed by atoms with Crippen molar-refractivity contribution in [1.82, 2.24) is 0 Å². The minimum atomic E-state index is -0.355. The van der Waals surface area contributed by atoms with Crippen LogP contribution in [0.1, 0.15) is 16.8 Å². The average molecular weight is 252 g/mol. The van der Waals surface area contributed by atoms with Crippen LogP contribution in [0.25, 0.3) is 0 Å². The van der Waals surface area contributed by atoms with Gasteiger partial charge in [-0.05, 0) is 12.1 Å². The number of esters is 1. The van der Waals surface area contributed by atoms with Crippen LogP contribution in [0, 0.1) is 0 Å². The standard InChI is InChI=1S/C12H12O4S/c13-11(9-4-2-1-3-5-9)15-8-10-6-7-14-12(17)16-10/h1-5,10H,6-8H2. The molecule has 1 aliphatic heterocycles. The molecule has 5 heteroatoms. The molecule has 0 aliphatic carbocycles. The number of carbonyl (C=O) groups is 1. The monoisotopic (exact) mass is 252 g/mol. The molecule has 0 amide bonds. The van der Waals surface area contributed by atoms with Gasteiger partial charge in [-0.3, -0.25) is 0 Å². The Morgan fingerprint density at radius 1 is 1.41 bits per heavy atom. The van der Waals surface area contributed by atoms with Gasteiger partial charge in [-0.1, -0.05) is 18.2 Å². The third kappa shape index (κ3) is 3.42. The number of hydrogen-bond acceptors (Lipinski definition) is 5. The van der Waals surface area contributed by atoms with Crippen LogP contribution in [0.15, 0.2) is 30.3 Å². The summed E-state index contributed by atoms with van der Waals surface area (Å²) in [6.07, 6.45) is 0.464. The molecular formula is C12H12O4S. The van der Waals surface area contributed by atoms with E-state index in [2.05, 4.69) is 0 Å². The highest BCUT2D eigenvalue weighted by atomic mass is 32.1. The van der Waals surface area contributed by atoms with Crippen LogP contribution in [-0.2, 0) is 14.2 Å². The molecule has 0 N–H and O–H groups in total. The fraction of sp³-hybridized carbons (Fsp3) is 0.333. The molecule has 2 rings (SSSR count). The average Bonchev–Trinajstić information content (AvgIpc) is 2.37. The minimum Gasteiger partial charge on any atom is -0.458 e. The minimum absolute atomic E-state index is 0.122. The number of thiocarbonyl (C=S) groups is 1. The van der Waals surface area contributed by atoms with E-state index < -0.39 is 0 Å². The van der Waals surface area contributed by atoms with E-state index in [-0.39, 0.29) is 23.9 Å². The van der Waals surface area contributed by atoms with Crippen LogP contribution in [0.5, 0.6) is 0 Å². The van der Waals surface area contributed by atoms with Gasteiger partial charge in [0.05, 0.1) is 12.2 Å². The Morgan fingerprint density at radius 3 is 2.88 bits per heavy atom. The van der Waals surface area contributed by atoms with Gasteiger partial charge in [0.2, 0.25) is 0 Å². The predicted octanol–water partition coefficient (Wildman–Crippen LogP) is 1.93. The van der Waals surface area contributed by atoms with Crippen LogP contribution >= 0.6 is 12.2 Å². The lowest BCUT2D eigenvalue weighted by Gasteiger charge is -2.23. The molecule has 1 fully saturated rings. The van der Waals surface area contributed by atoms with Crippen molar-refractivity contribution in [3.8, 4) is 0 Å². The first-order valence-electron chi connectivity index (χ1n) is 5.31. The van der Waals surface area contributed by atoms with Gasteiger partial charge in [-0.25, -0.2) is 4.79 Å². The molecule has 1 aliphatic rings. The Labute approximate surface area is 104 Å². The highest BCUT2D eigenvalue weighted by molar-refractivity contribution is 7.79. The van der Waals surface area contributed by atoms with Crippen molar-refractivity contribution in [3.05, 3.63) is 35.9 Å². The Hall–Kier alpha value is -1.62. The normalized spacial score (nSPS) is 19.1. The van der Waals surface area contributed by atoms with E-state index in [0.29, 0.717) is 18.6 Å². The first-order valence-corrected chi connectivity index (χ1v) is 5.72. The number of carbonyl (C=O) groups excluding carboxylic acids is 1. The molecule has 1 unspecified atom stereocenters. The van der Waals surface area contributed by atoms with Crippen LogP contribution in [-0.4, -0.2) is 30.5 Å². The van der Waals surface area contributed by atoms with E-state index in [9.17, 15) is 4.79 Å². The van der Waals surface area contributed by atoms with Crippen molar-refractivity contribution >= 4 is 23.4 Å². The van der Waals surface area contributed by atoms with Gasteiger partial charge >= 0.3 is 11.2 Å². The lowest BCUT2D eigenvalue weighted by Crippen LogP contribution is -2.31. The first-order chi connectivity index (χ1) is 8.25. The molecule has 0 spiro atoms. The number of rotatable bonds is 3. The van der Waals surface area contributed by atoms with Gasteiger partial charge in [0.1, 0.15) is 12.7 Å². The molecule has 0 aromatic heterocycles. The lowest BCUT2D eigenvalue weighted by atomic mass is 10.2. The van der Waals surface area contributed by atoms with Gasteiger partial charge in [-0.15, -0.1) is 0 Å². The van der Waals surface area contributed by atoms with Crippen LogP contribution < -0.4 is 0 Å². The van der Waals surface area contributed by atoms with Gasteiger partial charge in [0.15, 0.2) is 0 Å². The van der Waals surface area contributed by atoms with Crippen molar-refractivity contribution < 1.29 is 19.0 Å². The highest BCUT2D eigenvalue weighted by Gasteiger charge is 2.20. The second kappa shape index (κ2) is 5.63. The van der Waals surface area contributed by atoms with Crippen molar-refractivity contribution in [2.75, 3.05) is 13.2 Å². The van der Waals surface area contributed by atoms with Crippen molar-refractivity contribution in [2.24, 2.45) is 0 Å². The summed E-state index contributed by atoms with van der Waals surface area (Å²) in [7, 11) is 0. The molecule has 1 atom stereocenters.